The van der Waals surface area contributed by atoms with E-state index in [4.69, 9.17) is 9.15 Å². The van der Waals surface area contributed by atoms with Crippen LogP contribution < -0.4 is 10.1 Å². The fraction of sp³-hybridized carbons (Fsp3) is 0.333. The van der Waals surface area contributed by atoms with Gasteiger partial charge in [-0.15, -0.1) is 11.3 Å². The van der Waals surface area contributed by atoms with Gasteiger partial charge in [0, 0.05) is 10.3 Å². The number of hydrogen-bond acceptors (Lipinski definition) is 4. The molecule has 2 heterocycles. The second-order valence-electron chi connectivity index (χ2n) is 3.40. The highest BCUT2D eigenvalue weighted by Crippen LogP contribution is 2.31. The molecule has 86 valence electrons. The van der Waals surface area contributed by atoms with E-state index >= 15 is 0 Å². The minimum absolute atomic E-state index is 0.119. The molecule has 0 spiro atoms. The highest BCUT2D eigenvalue weighted by atomic mass is 32.1. The van der Waals surface area contributed by atoms with E-state index in [2.05, 4.69) is 12.2 Å². The largest absolute Gasteiger partial charge is 0.496 e. The molecule has 0 saturated carbocycles. The average Bonchev–Trinajstić information content (AvgIpc) is 2.97. The monoisotopic (exact) mass is 237 g/mol. The zero-order chi connectivity index (χ0) is 11.4. The van der Waals surface area contributed by atoms with Crippen LogP contribution in [-0.4, -0.2) is 13.7 Å². The van der Waals surface area contributed by atoms with Crippen LogP contribution in [0.1, 0.15) is 23.6 Å². The van der Waals surface area contributed by atoms with Gasteiger partial charge in [0.05, 0.1) is 13.4 Å². The van der Waals surface area contributed by atoms with Crippen molar-refractivity contribution in [3.05, 3.63) is 40.5 Å². The summed E-state index contributed by atoms with van der Waals surface area (Å²) in [5, 5.41) is 5.40. The molecule has 0 aromatic carbocycles. The summed E-state index contributed by atoms with van der Waals surface area (Å²) >= 11 is 1.67. The van der Waals surface area contributed by atoms with Gasteiger partial charge in [0.25, 0.3) is 0 Å². The second kappa shape index (κ2) is 5.18. The average molecular weight is 237 g/mol. The molecule has 16 heavy (non-hydrogen) atoms. The standard InChI is InChI=1S/C12H15NO2S/c1-3-13-12(10-5-4-6-15-10)11-7-9(14-2)8-16-11/h4-8,12-13H,3H2,1-2H3. The Morgan fingerprint density at radius 1 is 1.56 bits per heavy atom. The molecule has 4 heteroatoms. The van der Waals surface area contributed by atoms with Gasteiger partial charge >= 0.3 is 0 Å². The van der Waals surface area contributed by atoms with Crippen LogP contribution in [0.4, 0.5) is 0 Å². The maximum absolute atomic E-state index is 5.45. The summed E-state index contributed by atoms with van der Waals surface area (Å²) in [6, 6.07) is 6.05. The van der Waals surface area contributed by atoms with Crippen LogP contribution in [-0.2, 0) is 0 Å². The molecule has 1 unspecified atom stereocenters. The number of furan rings is 1. The topological polar surface area (TPSA) is 34.4 Å². The summed E-state index contributed by atoms with van der Waals surface area (Å²) in [5.74, 6) is 1.83. The molecular weight excluding hydrogens is 222 g/mol. The summed E-state index contributed by atoms with van der Waals surface area (Å²) in [5.41, 5.74) is 0. The number of methoxy groups -OCH3 is 1. The molecule has 0 aliphatic heterocycles. The molecule has 1 atom stereocenters. The van der Waals surface area contributed by atoms with Crippen LogP contribution in [0.3, 0.4) is 0 Å². The van der Waals surface area contributed by atoms with Gasteiger partial charge in [0.2, 0.25) is 0 Å². The van der Waals surface area contributed by atoms with Crippen molar-refractivity contribution in [2.75, 3.05) is 13.7 Å². The van der Waals surface area contributed by atoms with Crippen molar-refractivity contribution in [2.24, 2.45) is 0 Å². The highest BCUT2D eigenvalue weighted by molar-refractivity contribution is 7.10. The molecule has 2 rings (SSSR count). The van der Waals surface area contributed by atoms with Crippen LogP contribution in [0.15, 0.2) is 34.3 Å². The van der Waals surface area contributed by atoms with Crippen LogP contribution >= 0.6 is 11.3 Å². The first-order chi connectivity index (χ1) is 7.85. The van der Waals surface area contributed by atoms with Crippen molar-refractivity contribution in [1.82, 2.24) is 5.32 Å². The van der Waals surface area contributed by atoms with Crippen molar-refractivity contribution in [2.45, 2.75) is 13.0 Å². The first-order valence-corrected chi connectivity index (χ1v) is 6.12. The number of nitrogens with one attached hydrogen (secondary N) is 1. The summed E-state index contributed by atoms with van der Waals surface area (Å²) in [4.78, 5) is 1.20. The Balaban J connectivity index is 2.25. The predicted octanol–water partition coefficient (Wildman–Crippen LogP) is 3.05. The third-order valence-corrected chi connectivity index (χ3v) is 3.33. The lowest BCUT2D eigenvalue weighted by molar-refractivity contribution is 0.415. The van der Waals surface area contributed by atoms with Gasteiger partial charge in [-0.2, -0.15) is 0 Å². The van der Waals surface area contributed by atoms with E-state index in [9.17, 15) is 0 Å². The number of ether oxygens (including phenoxy) is 1. The zero-order valence-electron chi connectivity index (χ0n) is 9.40. The third-order valence-electron chi connectivity index (χ3n) is 2.35. The minimum atomic E-state index is 0.119. The second-order valence-corrected chi connectivity index (χ2v) is 4.34. The molecule has 0 fully saturated rings. The van der Waals surface area contributed by atoms with Crippen molar-refractivity contribution in [3.63, 3.8) is 0 Å². The van der Waals surface area contributed by atoms with Crippen molar-refractivity contribution in [3.8, 4) is 5.75 Å². The molecule has 0 saturated heterocycles. The molecular formula is C12H15NO2S. The van der Waals surface area contributed by atoms with Crippen LogP contribution in [0.25, 0.3) is 0 Å². The highest BCUT2D eigenvalue weighted by Gasteiger charge is 2.17. The van der Waals surface area contributed by atoms with Gasteiger partial charge in [-0.05, 0) is 24.7 Å². The first kappa shape index (κ1) is 11.2. The smallest absolute Gasteiger partial charge is 0.129 e. The Morgan fingerprint density at radius 2 is 2.44 bits per heavy atom. The molecule has 2 aromatic rings. The first-order valence-electron chi connectivity index (χ1n) is 5.24. The Bertz CT molecular complexity index is 422. The minimum Gasteiger partial charge on any atom is -0.496 e. The lowest BCUT2D eigenvalue weighted by Crippen LogP contribution is -2.20. The van der Waals surface area contributed by atoms with E-state index in [1.54, 1.807) is 24.7 Å². The Labute approximate surface area is 99.0 Å². The Morgan fingerprint density at radius 3 is 3.00 bits per heavy atom. The number of thiophene rings is 1. The quantitative estimate of drug-likeness (QED) is 0.868. The maximum atomic E-state index is 5.45. The van der Waals surface area contributed by atoms with E-state index in [0.29, 0.717) is 0 Å². The van der Waals surface area contributed by atoms with Gasteiger partial charge in [0.15, 0.2) is 0 Å². The van der Waals surface area contributed by atoms with Crippen molar-refractivity contribution >= 4 is 11.3 Å². The van der Waals surface area contributed by atoms with Crippen molar-refractivity contribution < 1.29 is 9.15 Å². The van der Waals surface area contributed by atoms with Crippen LogP contribution in [0.5, 0.6) is 5.75 Å². The lowest BCUT2D eigenvalue weighted by Gasteiger charge is -2.13. The van der Waals surface area contributed by atoms with Gasteiger partial charge in [-0.1, -0.05) is 6.92 Å². The molecule has 0 amide bonds. The van der Waals surface area contributed by atoms with E-state index in [1.165, 1.54) is 4.88 Å². The van der Waals surface area contributed by atoms with E-state index in [0.717, 1.165) is 18.1 Å². The molecule has 0 bridgehead atoms. The summed E-state index contributed by atoms with van der Waals surface area (Å²) in [7, 11) is 1.68. The fourth-order valence-corrected chi connectivity index (χ4v) is 2.53. The van der Waals surface area contributed by atoms with Gasteiger partial charge in [0.1, 0.15) is 17.6 Å². The summed E-state index contributed by atoms with van der Waals surface area (Å²) < 4.78 is 10.6. The fourth-order valence-electron chi connectivity index (χ4n) is 1.59. The molecule has 2 aromatic heterocycles. The molecule has 3 nitrogen and oxygen atoms in total. The Kier molecular flexibility index (Phi) is 3.64. The van der Waals surface area contributed by atoms with Crippen molar-refractivity contribution in [1.29, 1.82) is 0 Å². The van der Waals surface area contributed by atoms with Gasteiger partial charge in [-0.3, -0.25) is 0 Å². The molecule has 1 N–H and O–H groups in total. The molecule has 0 radical (unpaired) electrons. The van der Waals surface area contributed by atoms with E-state index in [-0.39, 0.29) is 6.04 Å². The van der Waals surface area contributed by atoms with Crippen LogP contribution in [0, 0.1) is 0 Å². The lowest BCUT2D eigenvalue weighted by atomic mass is 10.2. The number of rotatable bonds is 5. The van der Waals surface area contributed by atoms with Gasteiger partial charge in [-0.25, -0.2) is 0 Å². The maximum Gasteiger partial charge on any atom is 0.129 e. The van der Waals surface area contributed by atoms with E-state index in [1.807, 2.05) is 23.6 Å². The SMILES string of the molecule is CCNC(c1ccco1)c1cc(OC)cs1. The Hall–Kier alpha value is -1.26. The molecule has 0 aliphatic rings. The summed E-state index contributed by atoms with van der Waals surface area (Å²) in [6.45, 7) is 2.98. The summed E-state index contributed by atoms with van der Waals surface area (Å²) in [6.07, 6.45) is 1.70. The van der Waals surface area contributed by atoms with Crippen LogP contribution in [0.2, 0.25) is 0 Å². The van der Waals surface area contributed by atoms with E-state index < -0.39 is 0 Å². The normalized spacial score (nSPS) is 12.6. The number of hydrogen-bond donors (Lipinski definition) is 1. The predicted molar refractivity (Wildman–Crippen MR) is 65.1 cm³/mol. The molecule has 0 aliphatic carbocycles. The zero-order valence-corrected chi connectivity index (χ0v) is 10.2. The van der Waals surface area contributed by atoms with Gasteiger partial charge < -0.3 is 14.5 Å². The third kappa shape index (κ3) is 2.28.